The van der Waals surface area contributed by atoms with Gasteiger partial charge in [0.1, 0.15) is 87.3 Å². The van der Waals surface area contributed by atoms with Crippen LogP contribution in [0.4, 0.5) is 32.1 Å². The first-order chi connectivity index (χ1) is 58.7. The number of carbonyl (C=O) groups excluding carboxylic acids is 4. The Labute approximate surface area is 694 Å². The Morgan fingerprint density at radius 3 is 1.56 bits per heavy atom. The molecule has 121 heavy (non-hydrogen) atoms. The number of piperidine rings is 1. The fraction of sp³-hybridized carbons (Fsp3) is 0.341. The first-order valence-electron chi connectivity index (χ1n) is 40.9. The number of piperazine rings is 2. The van der Waals surface area contributed by atoms with E-state index in [1.807, 2.05) is 113 Å². The van der Waals surface area contributed by atoms with Crippen molar-refractivity contribution in [1.82, 2.24) is 72.5 Å². The van der Waals surface area contributed by atoms with Crippen LogP contribution in [0, 0.1) is 18.6 Å². The highest BCUT2D eigenvalue weighted by molar-refractivity contribution is 7.86. The van der Waals surface area contributed by atoms with Crippen molar-refractivity contribution >= 4 is 90.1 Å². The molecule has 0 radical (unpaired) electrons. The molecule has 0 bridgehead atoms. The van der Waals surface area contributed by atoms with E-state index in [1.54, 1.807) is 73.9 Å². The molecule has 0 spiro atoms. The number of Topliss-reactive ketones (excluding diaryl/α,β-unsaturated/α-hetero) is 2. The lowest BCUT2D eigenvalue weighted by atomic mass is 9.93. The van der Waals surface area contributed by atoms with Crippen molar-refractivity contribution in [2.75, 3.05) is 111 Å². The monoisotopic (exact) mass is 1660 g/mol. The van der Waals surface area contributed by atoms with E-state index in [4.69, 9.17) is 29.1 Å². The van der Waals surface area contributed by atoms with Crippen molar-refractivity contribution in [3.63, 3.8) is 0 Å². The molecule has 13 heterocycles. The molecule has 13 aromatic rings. The van der Waals surface area contributed by atoms with Gasteiger partial charge in [0.15, 0.2) is 17.1 Å². The zero-order valence-electron chi connectivity index (χ0n) is 67.1. The minimum Gasteiger partial charge on any atom is -0.506 e. The number of anilines is 4. The van der Waals surface area contributed by atoms with Crippen molar-refractivity contribution in [2.24, 2.45) is 14.1 Å². The molecular weight excluding hydrogens is 1570 g/mol. The van der Waals surface area contributed by atoms with Gasteiger partial charge in [-0.3, -0.25) is 56.7 Å². The highest BCUT2D eigenvalue weighted by atomic mass is 32.2. The molecule has 2 unspecified atom stereocenters. The third-order valence-electron chi connectivity index (χ3n) is 23.7. The number of halogens is 2. The van der Waals surface area contributed by atoms with Crippen molar-refractivity contribution < 1.29 is 50.4 Å². The van der Waals surface area contributed by atoms with Crippen molar-refractivity contribution in [3.05, 3.63) is 232 Å². The number of hydrogen-bond acceptors (Lipinski definition) is 23. The Bertz CT molecular complexity index is 6350. The number of ether oxygens (including phenoxy) is 1. The van der Waals surface area contributed by atoms with Gasteiger partial charge in [-0.25, -0.2) is 47.3 Å². The summed E-state index contributed by atoms with van der Waals surface area (Å²) in [6.45, 7) is 11.7. The molecule has 4 atom stereocenters. The van der Waals surface area contributed by atoms with Crippen molar-refractivity contribution in [3.8, 4) is 34.3 Å². The van der Waals surface area contributed by atoms with Gasteiger partial charge in [-0.1, -0.05) is 66.2 Å². The number of para-hydroxylation sites is 2. The van der Waals surface area contributed by atoms with Crippen LogP contribution in [0.15, 0.2) is 197 Å². The van der Waals surface area contributed by atoms with Crippen LogP contribution in [0.2, 0.25) is 0 Å². The minimum absolute atomic E-state index is 0.0202. The van der Waals surface area contributed by atoms with Crippen LogP contribution in [-0.2, 0) is 47.6 Å². The number of aromatic nitrogens is 12. The number of ketones is 2. The average molecular weight is 1660 g/mol. The van der Waals surface area contributed by atoms with Crippen LogP contribution in [0.25, 0.3) is 56.1 Å². The quantitative estimate of drug-likeness (QED) is 0.0432. The number of imidazole rings is 4. The fourth-order valence-corrected chi connectivity index (χ4v) is 18.3. The average Bonchev–Trinajstić information content (AvgIpc) is 1.60. The van der Waals surface area contributed by atoms with Gasteiger partial charge >= 0.3 is 11.4 Å². The van der Waals surface area contributed by atoms with E-state index in [1.165, 1.54) is 43.5 Å². The summed E-state index contributed by atoms with van der Waals surface area (Å²) in [6.07, 6.45) is 8.49. The largest absolute Gasteiger partial charge is 0.506 e. The van der Waals surface area contributed by atoms with Crippen molar-refractivity contribution in [2.45, 2.75) is 93.8 Å². The summed E-state index contributed by atoms with van der Waals surface area (Å²) in [4.78, 5) is 106. The fourth-order valence-electron chi connectivity index (χ4n) is 17.4. The van der Waals surface area contributed by atoms with Crippen LogP contribution >= 0.6 is 0 Å². The first kappa shape index (κ1) is 80.6. The maximum Gasteiger partial charge on any atom is 0.329 e. The van der Waals surface area contributed by atoms with Gasteiger partial charge in [-0.2, -0.15) is 8.42 Å². The molecule has 1 aliphatic carbocycles. The Morgan fingerprint density at radius 2 is 1.02 bits per heavy atom. The Balaban J connectivity index is 0.000000142. The lowest BCUT2D eigenvalue weighted by Crippen LogP contribution is -2.47. The summed E-state index contributed by atoms with van der Waals surface area (Å²) in [7, 11) is -0.547. The topological polar surface area (TPSA) is 313 Å². The number of aryl methyl sites for hydroxylation is 3. The summed E-state index contributed by atoms with van der Waals surface area (Å²) in [6, 6.07) is 49.3. The molecule has 30 nitrogen and oxygen atoms in total. The lowest BCUT2D eigenvalue weighted by molar-refractivity contribution is -0.136. The summed E-state index contributed by atoms with van der Waals surface area (Å²) in [5, 5.41) is 22.1. The molecule has 8 aromatic heterocycles. The molecule has 624 valence electrons. The molecule has 6 aliphatic rings. The van der Waals surface area contributed by atoms with E-state index >= 15 is 0 Å². The molecule has 2 N–H and O–H groups in total. The summed E-state index contributed by atoms with van der Waals surface area (Å²) in [5.74, 6) is 2.42. The van der Waals surface area contributed by atoms with Crippen LogP contribution in [0.1, 0.15) is 98.6 Å². The first-order valence-corrected chi connectivity index (χ1v) is 42.3. The molecule has 5 aromatic carbocycles. The lowest BCUT2D eigenvalue weighted by Gasteiger charge is -2.35. The molecule has 6 fully saturated rings. The van der Waals surface area contributed by atoms with E-state index in [-0.39, 0.29) is 83.4 Å². The molecule has 1 saturated carbocycles. The van der Waals surface area contributed by atoms with E-state index in [0.29, 0.717) is 60.4 Å². The highest BCUT2D eigenvalue weighted by Gasteiger charge is 2.36. The second kappa shape index (κ2) is 34.5. The number of phenolic OH excluding ortho intramolecular Hbond substituents is 1. The number of nitrogens with zero attached hydrogens (tertiary/aromatic N) is 18. The summed E-state index contributed by atoms with van der Waals surface area (Å²) < 4.78 is 74.1. The number of amides is 2. The van der Waals surface area contributed by atoms with Crippen molar-refractivity contribution in [1.29, 1.82) is 0 Å². The van der Waals surface area contributed by atoms with Gasteiger partial charge in [0.25, 0.3) is 10.1 Å². The summed E-state index contributed by atoms with van der Waals surface area (Å²) >= 11 is 0. The third kappa shape index (κ3) is 16.7. The van der Waals surface area contributed by atoms with Gasteiger partial charge in [-0.15, -0.1) is 10.2 Å². The van der Waals surface area contributed by atoms with E-state index in [9.17, 15) is 51.1 Å². The molecule has 5 saturated heterocycles. The van der Waals surface area contributed by atoms with Gasteiger partial charge in [0, 0.05) is 105 Å². The Hall–Kier alpha value is -12.9. The zero-order valence-corrected chi connectivity index (χ0v) is 68.0. The van der Waals surface area contributed by atoms with Gasteiger partial charge < -0.3 is 29.4 Å². The Kier molecular flexibility index (Phi) is 23.0. The van der Waals surface area contributed by atoms with E-state index < -0.39 is 33.8 Å². The second-order valence-electron chi connectivity index (χ2n) is 31.3. The number of rotatable bonds is 19. The maximum atomic E-state index is 14.1. The number of imide groups is 1. The molecule has 33 heteroatoms. The molecule has 2 amide bonds. The maximum absolute atomic E-state index is 14.1. The van der Waals surface area contributed by atoms with Crippen LogP contribution in [0.5, 0.6) is 11.5 Å². The number of phenols is 1. The highest BCUT2D eigenvalue weighted by Crippen LogP contribution is 2.39. The van der Waals surface area contributed by atoms with Crippen LogP contribution < -0.4 is 41.0 Å². The normalized spacial score (nSPS) is 18.8. The number of pyridine rings is 2. The van der Waals surface area contributed by atoms with Gasteiger partial charge in [0.2, 0.25) is 11.8 Å². The van der Waals surface area contributed by atoms with Gasteiger partial charge in [0.05, 0.1) is 70.9 Å². The number of carbonyl (C=O) groups is 4. The van der Waals surface area contributed by atoms with E-state index in [0.717, 1.165) is 165 Å². The second-order valence-corrected chi connectivity index (χ2v) is 32.9. The van der Waals surface area contributed by atoms with Gasteiger partial charge in [-0.05, 0) is 166 Å². The SMILES string of the molecule is Cc1ccc(S(=O)(=O)OCCN2CCN(c3cccc(-c4cnc5ccc(N6CCC[C@@H]6c6cccc(F)c6)nn45)n3)CC2)cc1.Cn1c(=O)n(C2CCC(=O)CC2=O)c2cccc(OCCN3CCN(c4cccc(-c5cnc6ccc(N7CCC[C@@H]7c7cccc(F)c7)nn56)n4)CC3)c21.Cn1c(=O)n(C2CCC(=O)NC2=O)c2cccc(O)c21. The third-order valence-corrected chi connectivity index (χ3v) is 25.0. The molecule has 19 rings (SSSR count). The zero-order chi connectivity index (χ0) is 83.7. The number of benzene rings is 5. The molecular formula is C88H91F2N19O11S. The number of fused-ring (bicyclic) bond motifs is 4. The van der Waals surface area contributed by atoms with Crippen LogP contribution in [-0.4, -0.2) is 196 Å². The Morgan fingerprint density at radius 1 is 0.512 bits per heavy atom. The predicted octanol–water partition coefficient (Wildman–Crippen LogP) is 10.1. The van der Waals surface area contributed by atoms with E-state index in [2.05, 4.69) is 44.7 Å². The number of hydrogen-bond donors (Lipinski definition) is 2. The molecule has 5 aliphatic heterocycles. The standard InChI is InChI=1S/C41H42FN9O4.C34H36FN7O3S.C13H13N3O4/c1-46-40-33(50(41(46)54)32-14-13-29(52)25-35(32)53)9-4-11-36(40)55-23-22-47-18-20-48(21-19-47)38-12-3-8-30(44-38)34-26-43-37-15-16-39(45-51(34)37)49-17-5-10-31(49)27-6-2-7-28(42)24-27;1-25-10-12-28(13-11-25)46(43,44)45-22-21-39-17-19-40(20-18-39)33-9-3-7-29(37-33)31-24-36-32-14-15-34(38-42(31)32)41-16-4-8-30(41)26-5-2-6-27(35)23-26;1-15-11-7(3-2-4-9(11)17)16(13(15)20)8-5-6-10(18)14-12(8)19/h2-4,6-9,11-12,15-16,24,26,31-32H,5,10,13-14,17-23,25H2,1H3;2-3,5-7,9-15,23-24,30H,4,8,16-22H2,1H3;2-4,8,17H,5-6H2,1H3,(H,14,18,19)/t31-,32?;30-;/m11./s1. The van der Waals surface area contributed by atoms with Crippen LogP contribution in [0.3, 0.4) is 0 Å². The predicted molar refractivity (Wildman–Crippen MR) is 451 cm³/mol. The smallest absolute Gasteiger partial charge is 0.329 e. The minimum atomic E-state index is -3.77. The number of aromatic hydroxyl groups is 1. The number of nitrogens with one attached hydrogen (secondary N) is 1. The summed E-state index contributed by atoms with van der Waals surface area (Å²) in [5.41, 5.74) is 9.00.